The Balaban J connectivity index is 1.81. The number of para-hydroxylation sites is 2. The second kappa shape index (κ2) is 5.48. The van der Waals surface area contributed by atoms with E-state index in [1.807, 2.05) is 24.3 Å². The summed E-state index contributed by atoms with van der Waals surface area (Å²) in [6.45, 7) is 0. The van der Waals surface area contributed by atoms with E-state index < -0.39 is 5.97 Å². The monoisotopic (exact) mass is 232 g/mol. The fraction of sp³-hybridized carbons (Fsp3) is 0.385. The number of hydrogen-bond acceptors (Lipinski definition) is 2. The quantitative estimate of drug-likeness (QED) is 0.752. The van der Waals surface area contributed by atoms with Gasteiger partial charge in [0.1, 0.15) is 5.82 Å². The van der Waals surface area contributed by atoms with Crippen molar-refractivity contribution in [2.24, 2.45) is 0 Å². The predicted octanol–water partition coefficient (Wildman–Crippen LogP) is 2.75. The van der Waals surface area contributed by atoms with Crippen LogP contribution in [0.5, 0.6) is 0 Å². The first-order valence-corrected chi connectivity index (χ1v) is 5.91. The number of fused-ring (bicyclic) bond motifs is 1. The highest BCUT2D eigenvalue weighted by Gasteiger charge is 2.02. The van der Waals surface area contributed by atoms with Gasteiger partial charge in [0, 0.05) is 12.8 Å². The molecule has 90 valence electrons. The number of aryl methyl sites for hydroxylation is 1. The Morgan fingerprint density at radius 2 is 2.06 bits per heavy atom. The average Bonchev–Trinajstić information content (AvgIpc) is 2.70. The summed E-state index contributed by atoms with van der Waals surface area (Å²) in [6.07, 6.45) is 3.81. The van der Waals surface area contributed by atoms with Gasteiger partial charge in [0.05, 0.1) is 11.0 Å². The molecule has 17 heavy (non-hydrogen) atoms. The molecule has 0 bridgehead atoms. The van der Waals surface area contributed by atoms with E-state index in [1.165, 1.54) is 0 Å². The van der Waals surface area contributed by atoms with Crippen LogP contribution in [0.3, 0.4) is 0 Å². The molecule has 1 heterocycles. The van der Waals surface area contributed by atoms with Crippen molar-refractivity contribution in [1.29, 1.82) is 0 Å². The van der Waals surface area contributed by atoms with Crippen LogP contribution < -0.4 is 0 Å². The topological polar surface area (TPSA) is 66.0 Å². The molecular weight excluding hydrogens is 216 g/mol. The minimum Gasteiger partial charge on any atom is -0.481 e. The number of rotatable bonds is 6. The van der Waals surface area contributed by atoms with E-state index in [0.29, 0.717) is 0 Å². The number of benzene rings is 1. The van der Waals surface area contributed by atoms with E-state index in [9.17, 15) is 4.79 Å². The van der Waals surface area contributed by atoms with Crippen molar-refractivity contribution >= 4 is 17.0 Å². The number of aromatic nitrogens is 2. The SMILES string of the molecule is O=C(O)CCCCCc1nc2ccccc2[nH]1. The maximum atomic E-state index is 10.3. The minimum atomic E-state index is -0.714. The van der Waals surface area contributed by atoms with E-state index >= 15 is 0 Å². The molecule has 4 heteroatoms. The first kappa shape index (κ1) is 11.6. The molecule has 0 atom stereocenters. The average molecular weight is 232 g/mol. The first-order valence-electron chi connectivity index (χ1n) is 5.91. The number of carboxylic acid groups (broad SMARTS) is 1. The molecule has 0 fully saturated rings. The zero-order chi connectivity index (χ0) is 12.1. The van der Waals surface area contributed by atoms with Gasteiger partial charge >= 0.3 is 5.97 Å². The molecule has 0 amide bonds. The normalized spacial score (nSPS) is 10.8. The zero-order valence-corrected chi connectivity index (χ0v) is 9.65. The summed E-state index contributed by atoms with van der Waals surface area (Å²) in [5.41, 5.74) is 2.06. The molecule has 0 aliphatic carbocycles. The van der Waals surface area contributed by atoms with Crippen molar-refractivity contribution in [3.63, 3.8) is 0 Å². The Bertz CT molecular complexity index is 472. The van der Waals surface area contributed by atoms with E-state index in [-0.39, 0.29) is 6.42 Å². The van der Waals surface area contributed by atoms with Gasteiger partial charge in [-0.3, -0.25) is 4.79 Å². The lowest BCUT2D eigenvalue weighted by atomic mass is 10.1. The highest BCUT2D eigenvalue weighted by atomic mass is 16.4. The lowest BCUT2D eigenvalue weighted by Crippen LogP contribution is -1.94. The second-order valence-electron chi connectivity index (χ2n) is 4.16. The van der Waals surface area contributed by atoms with Gasteiger partial charge in [0.25, 0.3) is 0 Å². The minimum absolute atomic E-state index is 0.264. The Hall–Kier alpha value is -1.84. The van der Waals surface area contributed by atoms with Crippen LogP contribution >= 0.6 is 0 Å². The van der Waals surface area contributed by atoms with Crippen molar-refractivity contribution in [2.45, 2.75) is 32.1 Å². The Kier molecular flexibility index (Phi) is 3.75. The molecule has 1 aromatic heterocycles. The van der Waals surface area contributed by atoms with E-state index in [4.69, 9.17) is 5.11 Å². The second-order valence-corrected chi connectivity index (χ2v) is 4.16. The molecule has 2 rings (SSSR count). The molecule has 0 aliphatic heterocycles. The van der Waals surface area contributed by atoms with Crippen LogP contribution in [0.15, 0.2) is 24.3 Å². The van der Waals surface area contributed by atoms with Gasteiger partial charge < -0.3 is 10.1 Å². The highest BCUT2D eigenvalue weighted by Crippen LogP contribution is 2.12. The third kappa shape index (κ3) is 3.31. The number of carbonyl (C=O) groups is 1. The lowest BCUT2D eigenvalue weighted by Gasteiger charge is -1.96. The van der Waals surface area contributed by atoms with Crippen molar-refractivity contribution in [1.82, 2.24) is 9.97 Å². The number of unbranched alkanes of at least 4 members (excludes halogenated alkanes) is 2. The van der Waals surface area contributed by atoms with Crippen LogP contribution in [0.4, 0.5) is 0 Å². The molecule has 0 saturated heterocycles. The van der Waals surface area contributed by atoms with E-state index in [1.54, 1.807) is 0 Å². The molecule has 0 saturated carbocycles. The molecular formula is C13H16N2O2. The zero-order valence-electron chi connectivity index (χ0n) is 9.65. The fourth-order valence-electron chi connectivity index (χ4n) is 1.87. The smallest absolute Gasteiger partial charge is 0.303 e. The van der Waals surface area contributed by atoms with Gasteiger partial charge in [-0.05, 0) is 25.0 Å². The van der Waals surface area contributed by atoms with Crippen molar-refractivity contribution < 1.29 is 9.90 Å². The van der Waals surface area contributed by atoms with E-state index in [0.717, 1.165) is 42.5 Å². The van der Waals surface area contributed by atoms with Crippen molar-refractivity contribution in [3.05, 3.63) is 30.1 Å². The van der Waals surface area contributed by atoms with Gasteiger partial charge in [0.2, 0.25) is 0 Å². The third-order valence-electron chi connectivity index (χ3n) is 2.74. The van der Waals surface area contributed by atoms with Gasteiger partial charge in [-0.15, -0.1) is 0 Å². The Morgan fingerprint density at radius 1 is 1.24 bits per heavy atom. The highest BCUT2D eigenvalue weighted by molar-refractivity contribution is 5.74. The number of imidazole rings is 1. The number of aromatic amines is 1. The van der Waals surface area contributed by atoms with Gasteiger partial charge in [-0.2, -0.15) is 0 Å². The fourth-order valence-corrected chi connectivity index (χ4v) is 1.87. The number of aliphatic carboxylic acids is 1. The largest absolute Gasteiger partial charge is 0.481 e. The maximum Gasteiger partial charge on any atom is 0.303 e. The van der Waals surface area contributed by atoms with Gasteiger partial charge in [0.15, 0.2) is 0 Å². The molecule has 1 aromatic carbocycles. The summed E-state index contributed by atoms with van der Waals surface area (Å²) in [6, 6.07) is 7.95. The number of hydrogen-bond donors (Lipinski definition) is 2. The third-order valence-corrected chi connectivity index (χ3v) is 2.74. The number of carboxylic acids is 1. The van der Waals surface area contributed by atoms with Crippen molar-refractivity contribution in [2.75, 3.05) is 0 Å². The molecule has 2 aromatic rings. The summed E-state index contributed by atoms with van der Waals surface area (Å²) in [4.78, 5) is 18.1. The summed E-state index contributed by atoms with van der Waals surface area (Å²) >= 11 is 0. The van der Waals surface area contributed by atoms with Crippen LogP contribution in [0.25, 0.3) is 11.0 Å². The molecule has 0 spiro atoms. The van der Waals surface area contributed by atoms with E-state index in [2.05, 4.69) is 9.97 Å². The maximum absolute atomic E-state index is 10.3. The lowest BCUT2D eigenvalue weighted by molar-refractivity contribution is -0.137. The van der Waals surface area contributed by atoms with Crippen LogP contribution in [-0.4, -0.2) is 21.0 Å². The summed E-state index contributed by atoms with van der Waals surface area (Å²) in [5, 5.41) is 8.51. The standard InChI is InChI=1S/C13H16N2O2/c16-13(17)9-3-1-2-8-12-14-10-6-4-5-7-11(10)15-12/h4-7H,1-3,8-9H2,(H,14,15)(H,16,17). The summed E-state index contributed by atoms with van der Waals surface area (Å²) < 4.78 is 0. The Labute approximate surface area is 99.7 Å². The number of nitrogens with one attached hydrogen (secondary N) is 1. The molecule has 0 aliphatic rings. The molecule has 0 unspecified atom stereocenters. The van der Waals surface area contributed by atoms with Crippen molar-refractivity contribution in [3.8, 4) is 0 Å². The summed E-state index contributed by atoms with van der Waals surface area (Å²) in [7, 11) is 0. The van der Waals surface area contributed by atoms with Crippen LogP contribution in [0.2, 0.25) is 0 Å². The predicted molar refractivity (Wildman–Crippen MR) is 65.9 cm³/mol. The molecule has 0 radical (unpaired) electrons. The van der Waals surface area contributed by atoms with Gasteiger partial charge in [-0.25, -0.2) is 4.98 Å². The van der Waals surface area contributed by atoms with Crippen LogP contribution in [-0.2, 0) is 11.2 Å². The van der Waals surface area contributed by atoms with Gasteiger partial charge in [-0.1, -0.05) is 18.6 Å². The first-order chi connectivity index (χ1) is 8.25. The van der Waals surface area contributed by atoms with Crippen LogP contribution in [0, 0.1) is 0 Å². The molecule has 4 nitrogen and oxygen atoms in total. The number of nitrogens with zero attached hydrogens (tertiary/aromatic N) is 1. The Morgan fingerprint density at radius 3 is 2.82 bits per heavy atom. The number of H-pyrrole nitrogens is 1. The van der Waals surface area contributed by atoms with Crippen LogP contribution in [0.1, 0.15) is 31.5 Å². The molecule has 2 N–H and O–H groups in total. The summed E-state index contributed by atoms with van der Waals surface area (Å²) in [5.74, 6) is 0.273.